The number of hydrogen-bond acceptors (Lipinski definition) is 3. The van der Waals surface area contributed by atoms with E-state index in [-0.39, 0.29) is 24.3 Å². The van der Waals surface area contributed by atoms with Gasteiger partial charge in [-0.25, -0.2) is 4.90 Å². The molecule has 1 aromatic heterocycles. The SMILES string of the molecule is O=C1C[C@@H]([NH2+]Cc2ccco2)C(=O)N1c1ccc(I)cc1. The monoisotopic (exact) mass is 397 g/mol. The third-order valence-electron chi connectivity index (χ3n) is 3.45. The van der Waals surface area contributed by atoms with Crippen molar-refractivity contribution >= 4 is 40.1 Å². The minimum absolute atomic E-state index is 0.151. The Morgan fingerprint density at radius 3 is 2.67 bits per heavy atom. The first kappa shape index (κ1) is 14.3. The van der Waals surface area contributed by atoms with Crippen LogP contribution in [-0.4, -0.2) is 17.9 Å². The minimum atomic E-state index is -0.373. The highest BCUT2D eigenvalue weighted by Gasteiger charge is 2.42. The third-order valence-corrected chi connectivity index (χ3v) is 4.17. The summed E-state index contributed by atoms with van der Waals surface area (Å²) in [5, 5.41) is 1.85. The highest BCUT2D eigenvalue weighted by Crippen LogP contribution is 2.22. The average Bonchev–Trinajstić information content (AvgIpc) is 3.07. The number of hydrogen-bond donors (Lipinski definition) is 1. The molecular weight excluding hydrogens is 383 g/mol. The van der Waals surface area contributed by atoms with Crippen LogP contribution in [0.25, 0.3) is 0 Å². The first-order valence-electron chi connectivity index (χ1n) is 6.63. The van der Waals surface area contributed by atoms with Crippen LogP contribution in [-0.2, 0) is 16.1 Å². The van der Waals surface area contributed by atoms with E-state index in [1.54, 1.807) is 18.4 Å². The van der Waals surface area contributed by atoms with Crippen LogP contribution in [0.1, 0.15) is 12.2 Å². The molecule has 1 fully saturated rings. The van der Waals surface area contributed by atoms with Crippen molar-refractivity contribution in [3.8, 4) is 0 Å². The molecule has 0 saturated carbocycles. The predicted octanol–water partition coefficient (Wildman–Crippen LogP) is 1.28. The van der Waals surface area contributed by atoms with E-state index in [0.717, 1.165) is 9.33 Å². The predicted molar refractivity (Wildman–Crippen MR) is 84.4 cm³/mol. The van der Waals surface area contributed by atoms with Crippen molar-refractivity contribution in [1.82, 2.24) is 0 Å². The number of halogens is 1. The van der Waals surface area contributed by atoms with E-state index in [4.69, 9.17) is 4.42 Å². The van der Waals surface area contributed by atoms with Gasteiger partial charge in [0.2, 0.25) is 5.91 Å². The van der Waals surface area contributed by atoms with Crippen molar-refractivity contribution in [3.05, 3.63) is 52.0 Å². The Labute approximate surface area is 135 Å². The molecule has 21 heavy (non-hydrogen) atoms. The van der Waals surface area contributed by atoms with Crippen LogP contribution in [0.15, 0.2) is 47.1 Å². The number of quaternary nitrogens is 1. The topological polar surface area (TPSA) is 67.1 Å². The van der Waals surface area contributed by atoms with Crippen LogP contribution >= 0.6 is 22.6 Å². The standard InChI is InChI=1S/C15H13IN2O3/c16-10-3-5-11(6-4-10)18-14(19)8-13(15(18)20)17-9-12-2-1-7-21-12/h1-7,13,17H,8-9H2/p+1/t13-/m1/s1. The highest BCUT2D eigenvalue weighted by atomic mass is 127. The molecule has 2 heterocycles. The van der Waals surface area contributed by atoms with E-state index in [0.29, 0.717) is 12.2 Å². The zero-order valence-corrected chi connectivity index (χ0v) is 13.3. The van der Waals surface area contributed by atoms with E-state index in [1.807, 2.05) is 29.6 Å². The normalized spacial score (nSPS) is 18.5. The van der Waals surface area contributed by atoms with Gasteiger partial charge < -0.3 is 9.73 Å². The molecular formula is C15H14IN2O3+. The van der Waals surface area contributed by atoms with Crippen molar-refractivity contribution in [3.63, 3.8) is 0 Å². The van der Waals surface area contributed by atoms with Crippen molar-refractivity contribution in [1.29, 1.82) is 0 Å². The number of benzene rings is 1. The number of rotatable bonds is 4. The van der Waals surface area contributed by atoms with E-state index in [2.05, 4.69) is 22.6 Å². The van der Waals surface area contributed by atoms with E-state index >= 15 is 0 Å². The number of anilines is 1. The summed E-state index contributed by atoms with van der Waals surface area (Å²) in [6.45, 7) is 0.553. The number of furan rings is 1. The molecule has 1 aromatic carbocycles. The number of amides is 2. The molecule has 0 spiro atoms. The molecule has 1 aliphatic rings. The van der Waals surface area contributed by atoms with Gasteiger partial charge in [0.15, 0.2) is 11.8 Å². The molecule has 1 atom stereocenters. The lowest BCUT2D eigenvalue weighted by Crippen LogP contribution is -2.90. The van der Waals surface area contributed by atoms with Gasteiger partial charge in [0.1, 0.15) is 6.54 Å². The molecule has 0 aliphatic carbocycles. The summed E-state index contributed by atoms with van der Waals surface area (Å²) < 4.78 is 6.30. The van der Waals surface area contributed by atoms with Gasteiger partial charge >= 0.3 is 0 Å². The largest absolute Gasteiger partial charge is 0.463 e. The first-order valence-corrected chi connectivity index (χ1v) is 7.71. The fourth-order valence-electron chi connectivity index (χ4n) is 2.39. The van der Waals surface area contributed by atoms with Crippen molar-refractivity contribution in [2.45, 2.75) is 19.0 Å². The maximum atomic E-state index is 12.4. The lowest BCUT2D eigenvalue weighted by atomic mass is 10.2. The van der Waals surface area contributed by atoms with E-state index < -0.39 is 0 Å². The molecule has 2 aromatic rings. The van der Waals surface area contributed by atoms with Gasteiger partial charge in [-0.1, -0.05) is 0 Å². The Bertz CT molecular complexity index is 652. The second-order valence-electron chi connectivity index (χ2n) is 4.87. The maximum absolute atomic E-state index is 12.4. The molecule has 2 amide bonds. The number of nitrogens with zero attached hydrogens (tertiary/aromatic N) is 1. The Morgan fingerprint density at radius 1 is 1.24 bits per heavy atom. The third kappa shape index (κ3) is 3.01. The summed E-state index contributed by atoms with van der Waals surface area (Å²) in [6, 6.07) is 10.7. The quantitative estimate of drug-likeness (QED) is 0.625. The lowest BCUT2D eigenvalue weighted by Gasteiger charge is -2.14. The van der Waals surface area contributed by atoms with Gasteiger partial charge in [-0.3, -0.25) is 9.59 Å². The second-order valence-corrected chi connectivity index (χ2v) is 6.12. The smallest absolute Gasteiger partial charge is 0.292 e. The number of carbonyl (C=O) groups excluding carboxylic acids is 2. The van der Waals surface area contributed by atoms with E-state index in [9.17, 15) is 9.59 Å². The minimum Gasteiger partial charge on any atom is -0.463 e. The lowest BCUT2D eigenvalue weighted by molar-refractivity contribution is -0.691. The van der Waals surface area contributed by atoms with Gasteiger partial charge in [-0.2, -0.15) is 0 Å². The van der Waals surface area contributed by atoms with Crippen LogP contribution in [0.2, 0.25) is 0 Å². The maximum Gasteiger partial charge on any atom is 0.292 e. The van der Waals surface area contributed by atoms with Gasteiger partial charge in [0, 0.05) is 3.57 Å². The number of nitrogens with two attached hydrogens (primary N) is 1. The van der Waals surface area contributed by atoms with Crippen molar-refractivity contribution in [2.24, 2.45) is 0 Å². The van der Waals surface area contributed by atoms with Gasteiger partial charge in [-0.15, -0.1) is 0 Å². The Morgan fingerprint density at radius 2 is 2.00 bits per heavy atom. The molecule has 0 radical (unpaired) electrons. The molecule has 0 bridgehead atoms. The molecule has 0 unspecified atom stereocenters. The van der Waals surface area contributed by atoms with Crippen LogP contribution in [0.4, 0.5) is 5.69 Å². The van der Waals surface area contributed by atoms with E-state index in [1.165, 1.54) is 4.90 Å². The zero-order valence-electron chi connectivity index (χ0n) is 11.2. The van der Waals surface area contributed by atoms with Crippen molar-refractivity contribution < 1.29 is 19.3 Å². The summed E-state index contributed by atoms with van der Waals surface area (Å²) in [5.74, 6) is 0.484. The summed E-state index contributed by atoms with van der Waals surface area (Å²) in [5.41, 5.74) is 0.638. The fraction of sp³-hybridized carbons (Fsp3) is 0.200. The molecule has 2 N–H and O–H groups in total. The second kappa shape index (κ2) is 5.98. The molecule has 108 valence electrons. The van der Waals surface area contributed by atoms with Gasteiger partial charge in [0.05, 0.1) is 18.4 Å². The van der Waals surface area contributed by atoms with Crippen LogP contribution < -0.4 is 10.2 Å². The number of imide groups is 1. The van der Waals surface area contributed by atoms with Crippen LogP contribution in [0.3, 0.4) is 0 Å². The average molecular weight is 397 g/mol. The summed E-state index contributed by atoms with van der Waals surface area (Å²) in [6.07, 6.45) is 1.83. The van der Waals surface area contributed by atoms with Crippen molar-refractivity contribution in [2.75, 3.05) is 4.90 Å². The zero-order chi connectivity index (χ0) is 14.8. The van der Waals surface area contributed by atoms with Gasteiger partial charge in [-0.05, 0) is 59.0 Å². The molecule has 3 rings (SSSR count). The van der Waals surface area contributed by atoms with Crippen LogP contribution in [0.5, 0.6) is 0 Å². The van der Waals surface area contributed by atoms with Crippen LogP contribution in [0, 0.1) is 3.57 Å². The first-order chi connectivity index (χ1) is 10.1. The Kier molecular flexibility index (Phi) is 4.07. The molecule has 1 aliphatic heterocycles. The molecule has 1 saturated heterocycles. The Hall–Kier alpha value is -1.67. The summed E-state index contributed by atoms with van der Waals surface area (Å²) in [7, 11) is 0. The summed E-state index contributed by atoms with van der Waals surface area (Å²) >= 11 is 2.19. The number of carbonyl (C=O) groups is 2. The molecule has 6 heteroatoms. The summed E-state index contributed by atoms with van der Waals surface area (Å²) in [4.78, 5) is 25.8. The fourth-order valence-corrected chi connectivity index (χ4v) is 2.75. The Balaban J connectivity index is 1.71. The highest BCUT2D eigenvalue weighted by molar-refractivity contribution is 14.1. The van der Waals surface area contributed by atoms with Gasteiger partial charge in [0.25, 0.3) is 5.91 Å². The molecule has 5 nitrogen and oxygen atoms in total.